The number of carboxylic acid groups (broad SMARTS) is 1. The molecule has 0 aromatic carbocycles. The molecular formula is C11H16N4O3. The maximum Gasteiger partial charge on any atom is 0.317 e. The van der Waals surface area contributed by atoms with E-state index in [-0.39, 0.29) is 25.2 Å². The van der Waals surface area contributed by atoms with E-state index in [0.717, 1.165) is 0 Å². The molecule has 0 aliphatic carbocycles. The van der Waals surface area contributed by atoms with Crippen molar-refractivity contribution in [2.45, 2.75) is 19.5 Å². The number of nitrogens with zero attached hydrogens (tertiary/aromatic N) is 3. The van der Waals surface area contributed by atoms with Crippen molar-refractivity contribution in [2.75, 3.05) is 13.1 Å². The van der Waals surface area contributed by atoms with Gasteiger partial charge in [-0.3, -0.25) is 9.48 Å². The van der Waals surface area contributed by atoms with Crippen molar-refractivity contribution in [2.24, 2.45) is 5.92 Å². The molecule has 98 valence electrons. The van der Waals surface area contributed by atoms with Crippen LogP contribution in [0.1, 0.15) is 6.92 Å². The summed E-state index contributed by atoms with van der Waals surface area (Å²) < 4.78 is 1.74. The van der Waals surface area contributed by atoms with Gasteiger partial charge in [0.1, 0.15) is 0 Å². The minimum Gasteiger partial charge on any atom is -0.481 e. The molecule has 2 heterocycles. The number of nitrogens with one attached hydrogen (secondary N) is 1. The van der Waals surface area contributed by atoms with Crippen molar-refractivity contribution in [3.8, 4) is 0 Å². The van der Waals surface area contributed by atoms with E-state index in [1.165, 1.54) is 4.90 Å². The Hall–Kier alpha value is -2.05. The molecule has 7 nitrogen and oxygen atoms in total. The third kappa shape index (κ3) is 2.79. The van der Waals surface area contributed by atoms with Gasteiger partial charge in [-0.2, -0.15) is 5.10 Å². The summed E-state index contributed by atoms with van der Waals surface area (Å²) in [5.74, 6) is -1.26. The SMILES string of the molecule is CC(Cn1cccn1)NC(=O)N1CC(C(=O)O)C1. The highest BCUT2D eigenvalue weighted by Gasteiger charge is 2.35. The summed E-state index contributed by atoms with van der Waals surface area (Å²) in [5.41, 5.74) is 0. The summed E-state index contributed by atoms with van der Waals surface area (Å²) in [6.07, 6.45) is 3.51. The first kappa shape index (κ1) is 12.4. The molecule has 2 rings (SSSR count). The van der Waals surface area contributed by atoms with Gasteiger partial charge in [0.25, 0.3) is 0 Å². The number of carboxylic acids is 1. The molecule has 1 aromatic rings. The Bertz CT molecular complexity index is 426. The van der Waals surface area contributed by atoms with Crippen LogP contribution in [0.5, 0.6) is 0 Å². The van der Waals surface area contributed by atoms with Gasteiger partial charge in [-0.1, -0.05) is 0 Å². The van der Waals surface area contributed by atoms with Gasteiger partial charge in [-0.25, -0.2) is 4.79 Å². The monoisotopic (exact) mass is 252 g/mol. The average molecular weight is 252 g/mol. The fraction of sp³-hybridized carbons (Fsp3) is 0.545. The molecule has 1 aliphatic rings. The number of likely N-dealkylation sites (tertiary alicyclic amines) is 1. The lowest BCUT2D eigenvalue weighted by Gasteiger charge is -2.37. The lowest BCUT2D eigenvalue weighted by Crippen LogP contribution is -2.57. The van der Waals surface area contributed by atoms with Crippen molar-refractivity contribution in [1.82, 2.24) is 20.0 Å². The van der Waals surface area contributed by atoms with Crippen LogP contribution >= 0.6 is 0 Å². The predicted molar refractivity (Wildman–Crippen MR) is 62.9 cm³/mol. The molecule has 0 radical (unpaired) electrons. The molecule has 0 bridgehead atoms. The van der Waals surface area contributed by atoms with Gasteiger partial charge in [0.05, 0.1) is 12.5 Å². The molecule has 1 unspecified atom stereocenters. The summed E-state index contributed by atoms with van der Waals surface area (Å²) in [5, 5.41) is 15.6. The number of rotatable bonds is 4. The van der Waals surface area contributed by atoms with Gasteiger partial charge < -0.3 is 15.3 Å². The lowest BCUT2D eigenvalue weighted by atomic mass is 10.0. The van der Waals surface area contributed by atoms with E-state index in [9.17, 15) is 9.59 Å². The highest BCUT2D eigenvalue weighted by Crippen LogP contribution is 2.15. The molecule has 0 saturated carbocycles. The predicted octanol–water partition coefficient (Wildman–Crippen LogP) is -0.00240. The number of hydrogen-bond acceptors (Lipinski definition) is 3. The summed E-state index contributed by atoms with van der Waals surface area (Å²) >= 11 is 0. The smallest absolute Gasteiger partial charge is 0.317 e. The minimum absolute atomic E-state index is 0.0544. The van der Waals surface area contributed by atoms with Crippen LogP contribution in [0.25, 0.3) is 0 Å². The third-order valence-corrected chi connectivity index (χ3v) is 2.91. The van der Waals surface area contributed by atoms with Crippen LogP contribution < -0.4 is 5.32 Å². The molecule has 1 fully saturated rings. The van der Waals surface area contributed by atoms with Gasteiger partial charge in [0.15, 0.2) is 0 Å². The fourth-order valence-corrected chi connectivity index (χ4v) is 1.84. The molecule has 1 atom stereocenters. The number of aliphatic carboxylic acids is 1. The van der Waals surface area contributed by atoms with Crippen LogP contribution in [0.4, 0.5) is 4.79 Å². The van der Waals surface area contributed by atoms with Crippen LogP contribution in [0.3, 0.4) is 0 Å². The molecule has 1 saturated heterocycles. The van der Waals surface area contributed by atoms with Crippen LogP contribution in [0.15, 0.2) is 18.5 Å². The standard InChI is InChI=1S/C11H16N4O3/c1-8(5-15-4-2-3-12-15)13-11(18)14-6-9(7-14)10(16)17/h2-4,8-9H,5-7H2,1H3,(H,13,18)(H,16,17). The number of hydrogen-bond donors (Lipinski definition) is 2. The Labute approximate surface area is 104 Å². The molecule has 0 spiro atoms. The van der Waals surface area contributed by atoms with E-state index in [1.807, 2.05) is 19.2 Å². The third-order valence-electron chi connectivity index (χ3n) is 2.91. The van der Waals surface area contributed by atoms with Crippen molar-refractivity contribution < 1.29 is 14.7 Å². The van der Waals surface area contributed by atoms with E-state index in [0.29, 0.717) is 6.54 Å². The van der Waals surface area contributed by atoms with Crippen molar-refractivity contribution in [3.63, 3.8) is 0 Å². The summed E-state index contributed by atoms with van der Waals surface area (Å²) in [7, 11) is 0. The lowest BCUT2D eigenvalue weighted by molar-refractivity contribution is -0.146. The number of carbonyl (C=O) groups is 2. The van der Waals surface area contributed by atoms with Gasteiger partial charge in [0, 0.05) is 31.5 Å². The number of urea groups is 1. The zero-order valence-electron chi connectivity index (χ0n) is 10.1. The highest BCUT2D eigenvalue weighted by atomic mass is 16.4. The zero-order valence-corrected chi connectivity index (χ0v) is 10.1. The second kappa shape index (κ2) is 5.07. The first-order valence-electron chi connectivity index (χ1n) is 5.82. The largest absolute Gasteiger partial charge is 0.481 e. The van der Waals surface area contributed by atoms with E-state index < -0.39 is 11.9 Å². The Morgan fingerprint density at radius 2 is 2.28 bits per heavy atom. The molecule has 1 aliphatic heterocycles. The average Bonchev–Trinajstić information content (AvgIpc) is 2.66. The highest BCUT2D eigenvalue weighted by molar-refractivity contribution is 5.79. The van der Waals surface area contributed by atoms with E-state index in [1.54, 1.807) is 10.9 Å². The molecule has 1 aromatic heterocycles. The van der Waals surface area contributed by atoms with Crippen LogP contribution in [0.2, 0.25) is 0 Å². The number of amides is 2. The minimum atomic E-state index is -0.844. The quantitative estimate of drug-likeness (QED) is 0.789. The normalized spacial score (nSPS) is 17.1. The van der Waals surface area contributed by atoms with E-state index in [2.05, 4.69) is 10.4 Å². The molecule has 7 heteroatoms. The zero-order chi connectivity index (χ0) is 13.1. The van der Waals surface area contributed by atoms with Crippen molar-refractivity contribution in [3.05, 3.63) is 18.5 Å². The first-order chi connectivity index (χ1) is 8.56. The van der Waals surface area contributed by atoms with Gasteiger partial charge in [0.2, 0.25) is 0 Å². The first-order valence-corrected chi connectivity index (χ1v) is 5.82. The van der Waals surface area contributed by atoms with E-state index >= 15 is 0 Å². The second-order valence-electron chi connectivity index (χ2n) is 4.52. The Kier molecular flexibility index (Phi) is 3.50. The Balaban J connectivity index is 1.73. The van der Waals surface area contributed by atoms with Crippen LogP contribution in [-0.4, -0.2) is 50.9 Å². The maximum absolute atomic E-state index is 11.7. The van der Waals surface area contributed by atoms with Crippen LogP contribution in [0, 0.1) is 5.92 Å². The van der Waals surface area contributed by atoms with Crippen molar-refractivity contribution >= 4 is 12.0 Å². The maximum atomic E-state index is 11.7. The summed E-state index contributed by atoms with van der Waals surface area (Å²) in [6, 6.07) is 1.55. The van der Waals surface area contributed by atoms with Gasteiger partial charge in [-0.15, -0.1) is 0 Å². The topological polar surface area (TPSA) is 87.5 Å². The number of aromatic nitrogens is 2. The second-order valence-corrected chi connectivity index (χ2v) is 4.52. The van der Waals surface area contributed by atoms with Crippen molar-refractivity contribution in [1.29, 1.82) is 0 Å². The van der Waals surface area contributed by atoms with Gasteiger partial charge >= 0.3 is 12.0 Å². The van der Waals surface area contributed by atoms with Gasteiger partial charge in [-0.05, 0) is 13.0 Å². The van der Waals surface area contributed by atoms with E-state index in [4.69, 9.17) is 5.11 Å². The molecule has 2 amide bonds. The Morgan fingerprint density at radius 3 is 2.83 bits per heavy atom. The fourth-order valence-electron chi connectivity index (χ4n) is 1.84. The molecular weight excluding hydrogens is 236 g/mol. The molecule has 18 heavy (non-hydrogen) atoms. The number of carbonyl (C=O) groups excluding carboxylic acids is 1. The Morgan fingerprint density at radius 1 is 1.56 bits per heavy atom. The molecule has 2 N–H and O–H groups in total. The summed E-state index contributed by atoms with van der Waals surface area (Å²) in [4.78, 5) is 23.8. The van der Waals surface area contributed by atoms with Crippen LogP contribution in [-0.2, 0) is 11.3 Å². The summed E-state index contributed by atoms with van der Waals surface area (Å²) in [6.45, 7) is 3.05.